The summed E-state index contributed by atoms with van der Waals surface area (Å²) >= 11 is 18.8. The fourth-order valence-corrected chi connectivity index (χ4v) is 4.47. The number of benzene rings is 2. The summed E-state index contributed by atoms with van der Waals surface area (Å²) in [6, 6.07) is 16.9. The number of hydrogen-bond acceptors (Lipinski definition) is 4. The molecule has 1 aromatic heterocycles. The molecule has 0 saturated carbocycles. The molecule has 4 nitrogen and oxygen atoms in total. The monoisotopic (exact) mass is 450 g/mol. The van der Waals surface area contributed by atoms with E-state index in [4.69, 9.17) is 40.2 Å². The van der Waals surface area contributed by atoms with Crippen LogP contribution in [0.15, 0.2) is 54.6 Å². The van der Waals surface area contributed by atoms with Gasteiger partial charge in [-0.1, -0.05) is 53.5 Å². The first kappa shape index (κ1) is 20.6. The minimum atomic E-state index is -0.424. The van der Waals surface area contributed by atoms with E-state index in [0.717, 1.165) is 10.4 Å². The normalized spacial score (nSPS) is 10.4. The number of anilines is 2. The molecule has 3 rings (SSSR count). The zero-order chi connectivity index (χ0) is 20.1. The molecule has 0 aliphatic heterocycles. The number of thiocarbonyl (C=S) groups is 1. The fourth-order valence-electron chi connectivity index (χ4n) is 2.57. The summed E-state index contributed by atoms with van der Waals surface area (Å²) in [6.45, 7) is 0. The van der Waals surface area contributed by atoms with Crippen molar-refractivity contribution < 1.29 is 9.53 Å². The zero-order valence-corrected chi connectivity index (χ0v) is 17.9. The van der Waals surface area contributed by atoms with Gasteiger partial charge in [0.25, 0.3) is 0 Å². The molecule has 144 valence electrons. The Morgan fingerprint density at radius 2 is 1.75 bits per heavy atom. The van der Waals surface area contributed by atoms with Gasteiger partial charge in [0, 0.05) is 27.0 Å². The fraction of sp³-hybridized carbons (Fsp3) is 0.100. The van der Waals surface area contributed by atoms with Crippen LogP contribution < -0.4 is 10.6 Å². The van der Waals surface area contributed by atoms with Crippen molar-refractivity contribution in [3.63, 3.8) is 0 Å². The van der Waals surface area contributed by atoms with Crippen LogP contribution >= 0.6 is 46.8 Å². The Hall–Kier alpha value is -2.12. The molecule has 0 aliphatic carbocycles. The molecule has 1 heterocycles. The summed E-state index contributed by atoms with van der Waals surface area (Å²) in [4.78, 5) is 13.2. The van der Waals surface area contributed by atoms with Gasteiger partial charge in [0.2, 0.25) is 0 Å². The van der Waals surface area contributed by atoms with Gasteiger partial charge in [0.05, 0.1) is 12.7 Å². The molecular weight excluding hydrogens is 435 g/mol. The molecule has 2 aromatic carbocycles. The molecule has 0 bridgehead atoms. The summed E-state index contributed by atoms with van der Waals surface area (Å²) in [7, 11) is 1.35. The highest BCUT2D eigenvalue weighted by Gasteiger charge is 2.18. The Labute approximate surface area is 182 Å². The second-order valence-corrected chi connectivity index (χ2v) is 8.26. The Balaban J connectivity index is 1.79. The largest absolute Gasteiger partial charge is 0.465 e. The summed E-state index contributed by atoms with van der Waals surface area (Å²) in [6.07, 6.45) is 0.710. The Morgan fingerprint density at radius 1 is 1.07 bits per heavy atom. The lowest BCUT2D eigenvalue weighted by atomic mass is 10.1. The number of thiophene rings is 1. The van der Waals surface area contributed by atoms with E-state index in [2.05, 4.69) is 10.6 Å². The maximum Gasteiger partial charge on any atom is 0.340 e. The Bertz CT molecular complexity index is 986. The van der Waals surface area contributed by atoms with E-state index in [0.29, 0.717) is 37.8 Å². The molecular formula is C20H16Cl2N2O2S2. The van der Waals surface area contributed by atoms with Crippen molar-refractivity contribution >= 4 is 68.5 Å². The average molecular weight is 451 g/mol. The van der Waals surface area contributed by atoms with Crippen LogP contribution in [0.3, 0.4) is 0 Å². The summed E-state index contributed by atoms with van der Waals surface area (Å²) in [5.74, 6) is -0.424. The lowest BCUT2D eigenvalue weighted by Gasteiger charge is -2.11. The molecule has 3 aromatic rings. The highest BCUT2D eigenvalue weighted by molar-refractivity contribution is 7.80. The van der Waals surface area contributed by atoms with Gasteiger partial charge in [-0.05, 0) is 42.0 Å². The van der Waals surface area contributed by atoms with E-state index < -0.39 is 5.97 Å². The van der Waals surface area contributed by atoms with E-state index in [9.17, 15) is 4.79 Å². The molecule has 8 heteroatoms. The predicted octanol–water partition coefficient (Wildman–Crippen LogP) is 6.24. The highest BCUT2D eigenvalue weighted by atomic mass is 35.5. The molecule has 0 atom stereocenters. The van der Waals surface area contributed by atoms with Crippen LogP contribution in [-0.2, 0) is 11.2 Å². The summed E-state index contributed by atoms with van der Waals surface area (Å²) < 4.78 is 4.90. The van der Waals surface area contributed by atoms with Crippen LogP contribution in [-0.4, -0.2) is 18.2 Å². The third-order valence-electron chi connectivity index (χ3n) is 3.76. The van der Waals surface area contributed by atoms with Crippen LogP contribution in [0.4, 0.5) is 10.7 Å². The maximum absolute atomic E-state index is 12.2. The van der Waals surface area contributed by atoms with Crippen LogP contribution in [0.5, 0.6) is 0 Å². The molecule has 0 saturated heterocycles. The van der Waals surface area contributed by atoms with Crippen molar-refractivity contribution in [2.45, 2.75) is 6.42 Å². The number of hydrogen-bond donors (Lipinski definition) is 2. The van der Waals surface area contributed by atoms with Gasteiger partial charge in [-0.3, -0.25) is 0 Å². The number of carbonyl (C=O) groups is 1. The molecule has 2 N–H and O–H groups in total. The van der Waals surface area contributed by atoms with Crippen LogP contribution in [0.2, 0.25) is 10.0 Å². The van der Waals surface area contributed by atoms with Crippen LogP contribution in [0, 0.1) is 0 Å². The van der Waals surface area contributed by atoms with Crippen molar-refractivity contribution in [1.82, 2.24) is 0 Å². The van der Waals surface area contributed by atoms with E-state index >= 15 is 0 Å². The van der Waals surface area contributed by atoms with Gasteiger partial charge < -0.3 is 15.4 Å². The van der Waals surface area contributed by atoms with Gasteiger partial charge in [-0.2, -0.15) is 0 Å². The highest BCUT2D eigenvalue weighted by Crippen LogP contribution is 2.31. The van der Waals surface area contributed by atoms with Gasteiger partial charge in [-0.15, -0.1) is 11.3 Å². The second kappa shape index (κ2) is 9.39. The number of halogens is 2. The van der Waals surface area contributed by atoms with E-state index in [1.165, 1.54) is 18.4 Å². The first-order chi connectivity index (χ1) is 13.4. The number of esters is 1. The Morgan fingerprint density at radius 3 is 2.39 bits per heavy atom. The van der Waals surface area contributed by atoms with Gasteiger partial charge in [0.1, 0.15) is 5.00 Å². The Kier molecular flexibility index (Phi) is 6.91. The molecule has 0 fully saturated rings. The van der Waals surface area contributed by atoms with E-state index in [1.807, 2.05) is 36.4 Å². The number of rotatable bonds is 5. The molecule has 0 aliphatic rings. The molecule has 28 heavy (non-hydrogen) atoms. The van der Waals surface area contributed by atoms with Crippen molar-refractivity contribution in [1.29, 1.82) is 0 Å². The minimum Gasteiger partial charge on any atom is -0.465 e. The standard InChI is InChI=1S/C20H16Cl2N2O2S2/c1-26-19(25)17-11-16(7-12-5-3-2-4-6-12)28-18(17)24-20(27)23-15-9-13(21)8-14(22)10-15/h2-6,8-11H,7H2,1H3,(H2,23,24,27). The van der Waals surface area contributed by atoms with Gasteiger partial charge >= 0.3 is 5.97 Å². The third kappa shape index (κ3) is 5.45. The second-order valence-electron chi connectivity index (χ2n) is 5.85. The summed E-state index contributed by atoms with van der Waals surface area (Å²) in [5.41, 5.74) is 2.24. The zero-order valence-electron chi connectivity index (χ0n) is 14.8. The van der Waals surface area contributed by atoms with Crippen molar-refractivity contribution in [2.75, 3.05) is 17.7 Å². The predicted molar refractivity (Wildman–Crippen MR) is 121 cm³/mol. The number of carbonyl (C=O) groups excluding carboxylic acids is 1. The van der Waals surface area contributed by atoms with Crippen molar-refractivity contribution in [3.8, 4) is 0 Å². The molecule has 0 amide bonds. The first-order valence-electron chi connectivity index (χ1n) is 8.23. The minimum absolute atomic E-state index is 0.316. The summed E-state index contributed by atoms with van der Waals surface area (Å²) in [5, 5.41) is 8.01. The van der Waals surface area contributed by atoms with Gasteiger partial charge in [0.15, 0.2) is 5.11 Å². The van der Waals surface area contributed by atoms with E-state index in [1.54, 1.807) is 18.2 Å². The SMILES string of the molecule is COC(=O)c1cc(Cc2ccccc2)sc1NC(=S)Nc1cc(Cl)cc(Cl)c1. The average Bonchev–Trinajstić information content (AvgIpc) is 3.03. The van der Waals surface area contributed by atoms with Crippen LogP contribution in [0.25, 0.3) is 0 Å². The number of methoxy groups -OCH3 is 1. The third-order valence-corrected chi connectivity index (χ3v) is 5.45. The number of nitrogens with one attached hydrogen (secondary N) is 2. The number of ether oxygens (including phenoxy) is 1. The van der Waals surface area contributed by atoms with Gasteiger partial charge in [-0.25, -0.2) is 4.79 Å². The lowest BCUT2D eigenvalue weighted by Crippen LogP contribution is -2.19. The molecule has 0 unspecified atom stereocenters. The maximum atomic E-state index is 12.2. The van der Waals surface area contributed by atoms with Crippen molar-refractivity contribution in [2.24, 2.45) is 0 Å². The smallest absolute Gasteiger partial charge is 0.340 e. The molecule has 0 radical (unpaired) electrons. The first-order valence-corrected chi connectivity index (χ1v) is 10.2. The topological polar surface area (TPSA) is 50.4 Å². The lowest BCUT2D eigenvalue weighted by molar-refractivity contribution is 0.0602. The van der Waals surface area contributed by atoms with E-state index in [-0.39, 0.29) is 0 Å². The van der Waals surface area contributed by atoms with Crippen LogP contribution in [0.1, 0.15) is 20.8 Å². The molecule has 0 spiro atoms. The van der Waals surface area contributed by atoms with Crippen molar-refractivity contribution in [3.05, 3.63) is 80.6 Å². The quantitative estimate of drug-likeness (QED) is 0.355.